The molecule has 0 aliphatic heterocycles. The Bertz CT molecular complexity index is 1480. The molecule has 0 heterocycles. The first-order chi connectivity index (χ1) is 16.7. The predicted molar refractivity (Wildman–Crippen MR) is 132 cm³/mol. The average molecular weight is 557 g/mol. The number of halogens is 1. The zero-order valence-corrected chi connectivity index (χ0v) is 20.3. The minimum absolute atomic E-state index is 0.0467. The van der Waals surface area contributed by atoms with E-state index in [1.807, 2.05) is 12.2 Å². The number of hydrogen-bond acceptors (Lipinski definition) is 7. The van der Waals surface area contributed by atoms with Gasteiger partial charge in [-0.2, -0.15) is 0 Å². The highest BCUT2D eigenvalue weighted by Gasteiger charge is 2.23. The smallest absolute Gasteiger partial charge is 0.295 e. The number of nitrogens with zero attached hydrogens (tertiary/aromatic N) is 3. The number of sulfonamides is 1. The van der Waals surface area contributed by atoms with Crippen LogP contribution in [0, 0.1) is 10.1 Å². The number of nitro groups is 1. The third-order valence-corrected chi connectivity index (χ3v) is 7.16. The summed E-state index contributed by atoms with van der Waals surface area (Å²) in [5, 5.41) is 29.0. The van der Waals surface area contributed by atoms with Gasteiger partial charge in [0.25, 0.3) is 21.6 Å². The van der Waals surface area contributed by atoms with Gasteiger partial charge in [0, 0.05) is 27.7 Å². The normalized spacial score (nSPS) is 12.9. The molecule has 0 unspecified atom stereocenters. The van der Waals surface area contributed by atoms with E-state index >= 15 is 0 Å². The summed E-state index contributed by atoms with van der Waals surface area (Å²) in [6.07, 6.45) is 4.42. The lowest BCUT2D eigenvalue weighted by Gasteiger charge is -2.19. The third kappa shape index (κ3) is 5.28. The van der Waals surface area contributed by atoms with E-state index in [-0.39, 0.29) is 33.3 Å². The quantitative estimate of drug-likeness (QED) is 0.135. The number of nitrogens with one attached hydrogen (secondary N) is 1. The number of non-ortho nitro benzene ring substituents is 1. The Morgan fingerprint density at radius 1 is 1.03 bits per heavy atom. The number of nitro benzene ring substituents is 1. The Balaban J connectivity index is 1.68. The fraction of sp³-hybridized carbons (Fsp3) is 0.0870. The van der Waals surface area contributed by atoms with Crippen LogP contribution in [0.1, 0.15) is 21.5 Å². The fourth-order valence-electron chi connectivity index (χ4n) is 3.48. The molecule has 35 heavy (non-hydrogen) atoms. The van der Waals surface area contributed by atoms with Crippen LogP contribution in [0.25, 0.3) is 0 Å². The molecular weight excluding hydrogens is 540 g/mol. The molecule has 0 spiro atoms. The lowest BCUT2D eigenvalue weighted by Crippen LogP contribution is -2.15. The molecular formula is C23H17BrN4O6S. The highest BCUT2D eigenvalue weighted by atomic mass is 79.9. The second-order valence-electron chi connectivity index (χ2n) is 7.50. The van der Waals surface area contributed by atoms with Crippen LogP contribution in [-0.2, 0) is 22.9 Å². The van der Waals surface area contributed by atoms with Crippen molar-refractivity contribution in [3.63, 3.8) is 0 Å². The fourth-order valence-corrected chi connectivity index (χ4v) is 4.82. The molecule has 0 atom stereocenters. The van der Waals surface area contributed by atoms with E-state index in [9.17, 15) is 28.4 Å². The first-order valence-electron chi connectivity index (χ1n) is 10.2. The Kier molecular flexibility index (Phi) is 6.76. The molecule has 0 radical (unpaired) electrons. The van der Waals surface area contributed by atoms with Gasteiger partial charge in [-0.15, -0.1) is 10.2 Å². The molecule has 3 aromatic carbocycles. The van der Waals surface area contributed by atoms with Gasteiger partial charge in [-0.05, 0) is 60.9 Å². The molecule has 0 fully saturated rings. The van der Waals surface area contributed by atoms with Gasteiger partial charge in [-0.1, -0.05) is 28.1 Å². The van der Waals surface area contributed by atoms with Crippen molar-refractivity contribution in [2.45, 2.75) is 17.7 Å². The number of amides is 1. The number of aromatic hydroxyl groups is 1. The number of fused-ring (bicyclic) bond motifs is 1. The van der Waals surface area contributed by atoms with Crippen molar-refractivity contribution < 1.29 is 23.2 Å². The second-order valence-corrected chi connectivity index (χ2v) is 10.1. The minimum atomic E-state index is -3.95. The molecule has 3 aromatic rings. The number of phenols is 1. The summed E-state index contributed by atoms with van der Waals surface area (Å²) >= 11 is 3.27. The number of phenolic OH excluding ortho intramolecular Hbond substituents is 1. The molecule has 0 saturated heterocycles. The van der Waals surface area contributed by atoms with E-state index in [4.69, 9.17) is 0 Å². The van der Waals surface area contributed by atoms with E-state index < -0.39 is 20.9 Å². The van der Waals surface area contributed by atoms with Crippen LogP contribution in [0.2, 0.25) is 0 Å². The molecule has 0 bridgehead atoms. The zero-order valence-electron chi connectivity index (χ0n) is 17.9. The standard InChI is InChI=1S/C23H17BrN4O6S/c24-15-7-11-17(12-8-15)35(33,34)27-20-13-21(22(29)19-4-2-1-3-18(19)20)25-26-23(30)14-5-9-16(10-6-14)28(31)32/h1-2,5-13,27,29H,3-4H2. The number of benzene rings is 3. The molecule has 0 aromatic heterocycles. The van der Waals surface area contributed by atoms with E-state index in [1.165, 1.54) is 42.5 Å². The summed E-state index contributed by atoms with van der Waals surface area (Å²) in [5.74, 6) is -0.995. The maximum Gasteiger partial charge on any atom is 0.295 e. The molecule has 1 amide bonds. The Morgan fingerprint density at radius 3 is 2.29 bits per heavy atom. The predicted octanol–water partition coefficient (Wildman–Crippen LogP) is 5.44. The van der Waals surface area contributed by atoms with E-state index in [0.717, 1.165) is 4.47 Å². The van der Waals surface area contributed by atoms with Crippen molar-refractivity contribution in [3.05, 3.63) is 98.0 Å². The topological polar surface area (TPSA) is 151 Å². The lowest BCUT2D eigenvalue weighted by molar-refractivity contribution is -0.384. The van der Waals surface area contributed by atoms with E-state index in [2.05, 4.69) is 30.9 Å². The van der Waals surface area contributed by atoms with Gasteiger partial charge >= 0.3 is 0 Å². The molecule has 1 aliphatic rings. The van der Waals surface area contributed by atoms with Gasteiger partial charge in [0.05, 0.1) is 15.5 Å². The second kappa shape index (κ2) is 9.76. The van der Waals surface area contributed by atoms with Crippen LogP contribution in [0.15, 0.2) is 86.3 Å². The van der Waals surface area contributed by atoms with Gasteiger partial charge in [0.1, 0.15) is 11.4 Å². The summed E-state index contributed by atoms with van der Waals surface area (Å²) in [7, 11) is -3.95. The van der Waals surface area contributed by atoms with E-state index in [1.54, 1.807) is 12.1 Å². The van der Waals surface area contributed by atoms with E-state index in [0.29, 0.717) is 24.0 Å². The summed E-state index contributed by atoms with van der Waals surface area (Å²) in [5.41, 5.74) is 1.06. The van der Waals surface area contributed by atoms with Crippen LogP contribution >= 0.6 is 15.9 Å². The largest absolute Gasteiger partial charge is 0.505 e. The number of rotatable bonds is 6. The van der Waals surface area contributed by atoms with Gasteiger partial charge in [0.15, 0.2) is 0 Å². The molecule has 12 heteroatoms. The summed E-state index contributed by atoms with van der Waals surface area (Å²) in [6.45, 7) is 0. The number of hydrogen-bond donors (Lipinski definition) is 2. The Morgan fingerprint density at radius 2 is 1.66 bits per heavy atom. The molecule has 0 saturated carbocycles. The summed E-state index contributed by atoms with van der Waals surface area (Å²) < 4.78 is 29.2. The van der Waals surface area contributed by atoms with Crippen molar-refractivity contribution in [2.75, 3.05) is 4.72 Å². The lowest BCUT2D eigenvalue weighted by atomic mass is 9.93. The molecule has 1 aliphatic carbocycles. The van der Waals surface area contributed by atoms with Crippen molar-refractivity contribution in [1.29, 1.82) is 0 Å². The number of carbonyl (C=O) groups is 1. The molecule has 10 nitrogen and oxygen atoms in total. The van der Waals surface area contributed by atoms with Crippen molar-refractivity contribution >= 4 is 48.9 Å². The first kappa shape index (κ1) is 24.2. The SMILES string of the molecule is O=C(N=Nc1cc(NS(=O)(=O)c2ccc(Br)cc2)c2c(c1O)CC=CC2)c1ccc([N+](=O)[O-])cc1. The average Bonchev–Trinajstić information content (AvgIpc) is 2.85. The molecule has 178 valence electrons. The van der Waals surface area contributed by atoms with Gasteiger partial charge in [-0.25, -0.2) is 8.42 Å². The van der Waals surface area contributed by atoms with Gasteiger partial charge < -0.3 is 5.11 Å². The summed E-state index contributed by atoms with van der Waals surface area (Å²) in [4.78, 5) is 22.6. The highest BCUT2D eigenvalue weighted by molar-refractivity contribution is 9.10. The zero-order chi connectivity index (χ0) is 25.2. The monoisotopic (exact) mass is 556 g/mol. The Hall–Kier alpha value is -3.90. The van der Waals surface area contributed by atoms with Crippen LogP contribution in [0.4, 0.5) is 17.1 Å². The maximum atomic E-state index is 13.0. The number of azo groups is 1. The highest BCUT2D eigenvalue weighted by Crippen LogP contribution is 2.41. The summed E-state index contributed by atoms with van der Waals surface area (Å²) in [6, 6.07) is 12.2. The third-order valence-electron chi connectivity index (χ3n) is 5.25. The van der Waals surface area contributed by atoms with Crippen molar-refractivity contribution in [3.8, 4) is 5.75 Å². The first-order valence-corrected chi connectivity index (χ1v) is 12.4. The van der Waals surface area contributed by atoms with Crippen molar-refractivity contribution in [1.82, 2.24) is 0 Å². The number of carbonyl (C=O) groups excluding carboxylic acids is 1. The van der Waals surface area contributed by atoms with Crippen LogP contribution in [-0.4, -0.2) is 24.4 Å². The Labute approximate surface area is 208 Å². The van der Waals surface area contributed by atoms with Gasteiger partial charge in [0.2, 0.25) is 0 Å². The molecule has 4 rings (SSSR count). The van der Waals surface area contributed by atoms with Crippen molar-refractivity contribution in [2.24, 2.45) is 10.2 Å². The number of anilines is 1. The van der Waals surface area contributed by atoms with Crippen LogP contribution < -0.4 is 4.72 Å². The van der Waals surface area contributed by atoms with Crippen LogP contribution in [0.5, 0.6) is 5.75 Å². The molecule has 2 N–H and O–H groups in total. The van der Waals surface area contributed by atoms with Gasteiger partial charge in [-0.3, -0.25) is 19.6 Å². The maximum absolute atomic E-state index is 13.0. The number of allylic oxidation sites excluding steroid dienone is 2. The minimum Gasteiger partial charge on any atom is -0.505 e. The van der Waals surface area contributed by atoms with Crippen LogP contribution in [0.3, 0.4) is 0 Å².